The molecule has 1 aromatic rings. The Kier molecular flexibility index (Phi) is 3.17. The van der Waals surface area contributed by atoms with Crippen LogP contribution < -0.4 is 0 Å². The fourth-order valence-electron chi connectivity index (χ4n) is 1.41. The maximum absolute atomic E-state index is 11.4. The maximum Gasteiger partial charge on any atom is 0.319 e. The van der Waals surface area contributed by atoms with E-state index in [9.17, 15) is 4.79 Å². The van der Waals surface area contributed by atoms with Gasteiger partial charge in [0.25, 0.3) is 0 Å². The number of thioether (sulfide) groups is 1. The van der Waals surface area contributed by atoms with Crippen molar-refractivity contribution < 1.29 is 9.53 Å². The van der Waals surface area contributed by atoms with Crippen LogP contribution in [0.15, 0.2) is 23.4 Å². The summed E-state index contributed by atoms with van der Waals surface area (Å²) in [6.07, 6.45) is 2.38. The Morgan fingerprint density at radius 3 is 3.07 bits per heavy atom. The molecular weight excluding hydrogens is 234 g/mol. The lowest BCUT2D eigenvalue weighted by molar-refractivity contribution is -0.140. The van der Waals surface area contributed by atoms with E-state index in [1.807, 2.05) is 6.92 Å². The van der Waals surface area contributed by atoms with Crippen molar-refractivity contribution in [2.75, 3.05) is 0 Å². The molecule has 1 fully saturated rings. The molecule has 1 aliphatic heterocycles. The van der Waals surface area contributed by atoms with Crippen LogP contribution in [0.5, 0.6) is 0 Å². The van der Waals surface area contributed by atoms with Crippen LogP contribution >= 0.6 is 23.4 Å². The lowest BCUT2D eigenvalue weighted by Gasteiger charge is -2.05. The monoisotopic (exact) mass is 243 g/mol. The Hall–Kier alpha value is -0.740. The summed E-state index contributed by atoms with van der Waals surface area (Å²) in [6, 6.07) is 3.53. The number of carbonyl (C=O) groups is 1. The third kappa shape index (κ3) is 2.44. The molecule has 2 heterocycles. The van der Waals surface area contributed by atoms with Crippen molar-refractivity contribution in [1.29, 1.82) is 0 Å². The van der Waals surface area contributed by atoms with Crippen molar-refractivity contribution in [2.24, 2.45) is 0 Å². The molecule has 1 saturated heterocycles. The smallest absolute Gasteiger partial charge is 0.319 e. The van der Waals surface area contributed by atoms with Crippen molar-refractivity contribution in [3.05, 3.63) is 23.4 Å². The SMILES string of the molecule is CC1CC(Sc2ncccc2Cl)C(=O)O1. The van der Waals surface area contributed by atoms with Crippen molar-refractivity contribution in [2.45, 2.75) is 29.7 Å². The first-order valence-corrected chi connectivity index (χ1v) is 5.90. The number of ether oxygens (including phenoxy) is 1. The molecule has 0 aliphatic carbocycles. The Morgan fingerprint density at radius 2 is 2.47 bits per heavy atom. The zero-order chi connectivity index (χ0) is 10.8. The van der Waals surface area contributed by atoms with Crippen LogP contribution in [0.1, 0.15) is 13.3 Å². The number of halogens is 1. The fourth-order valence-corrected chi connectivity index (χ4v) is 2.75. The highest BCUT2D eigenvalue weighted by Crippen LogP contribution is 2.34. The molecule has 0 radical (unpaired) electrons. The van der Waals surface area contributed by atoms with E-state index < -0.39 is 0 Å². The lowest BCUT2D eigenvalue weighted by Crippen LogP contribution is -2.09. The molecule has 0 N–H and O–H groups in total. The van der Waals surface area contributed by atoms with E-state index in [0.29, 0.717) is 10.0 Å². The van der Waals surface area contributed by atoms with Gasteiger partial charge in [-0.3, -0.25) is 4.79 Å². The molecule has 80 valence electrons. The second kappa shape index (κ2) is 4.41. The zero-order valence-corrected chi connectivity index (χ0v) is 9.72. The minimum atomic E-state index is -0.174. The summed E-state index contributed by atoms with van der Waals surface area (Å²) in [7, 11) is 0. The van der Waals surface area contributed by atoms with Gasteiger partial charge in [0.1, 0.15) is 16.4 Å². The minimum absolute atomic E-state index is 0.00233. The highest BCUT2D eigenvalue weighted by atomic mass is 35.5. The minimum Gasteiger partial charge on any atom is -0.462 e. The van der Waals surface area contributed by atoms with E-state index >= 15 is 0 Å². The maximum atomic E-state index is 11.4. The first kappa shape index (κ1) is 10.8. The number of carbonyl (C=O) groups excluding carboxylic acids is 1. The van der Waals surface area contributed by atoms with Gasteiger partial charge >= 0.3 is 5.97 Å². The Bertz CT molecular complexity index is 385. The van der Waals surface area contributed by atoms with E-state index in [-0.39, 0.29) is 17.3 Å². The average Bonchev–Trinajstić information content (AvgIpc) is 2.49. The van der Waals surface area contributed by atoms with E-state index in [4.69, 9.17) is 16.3 Å². The molecule has 2 unspecified atom stereocenters. The normalized spacial score (nSPS) is 25.3. The number of nitrogens with zero attached hydrogens (tertiary/aromatic N) is 1. The summed E-state index contributed by atoms with van der Waals surface area (Å²) in [4.78, 5) is 15.5. The van der Waals surface area contributed by atoms with Gasteiger partial charge in [0.2, 0.25) is 0 Å². The van der Waals surface area contributed by atoms with Gasteiger partial charge in [-0.05, 0) is 19.1 Å². The van der Waals surface area contributed by atoms with Crippen LogP contribution in [0.2, 0.25) is 5.02 Å². The Balaban J connectivity index is 2.09. The highest BCUT2D eigenvalue weighted by molar-refractivity contribution is 8.00. The number of hydrogen-bond acceptors (Lipinski definition) is 4. The van der Waals surface area contributed by atoms with Gasteiger partial charge in [-0.2, -0.15) is 0 Å². The van der Waals surface area contributed by atoms with Crippen molar-refractivity contribution >= 4 is 29.3 Å². The van der Waals surface area contributed by atoms with Crippen LogP contribution in [-0.4, -0.2) is 22.3 Å². The van der Waals surface area contributed by atoms with Crippen LogP contribution in [0.3, 0.4) is 0 Å². The molecule has 0 bridgehead atoms. The van der Waals surface area contributed by atoms with Gasteiger partial charge in [-0.15, -0.1) is 0 Å². The summed E-state index contributed by atoms with van der Waals surface area (Å²) in [5, 5.41) is 1.09. The molecule has 1 aromatic heterocycles. The van der Waals surface area contributed by atoms with Gasteiger partial charge in [-0.25, -0.2) is 4.98 Å². The molecular formula is C10H10ClNO2S. The number of cyclic esters (lactones) is 1. The van der Waals surface area contributed by atoms with Crippen LogP contribution in [0.4, 0.5) is 0 Å². The van der Waals surface area contributed by atoms with E-state index in [0.717, 1.165) is 6.42 Å². The molecule has 0 spiro atoms. The molecule has 2 rings (SSSR count). The summed E-state index contributed by atoms with van der Waals surface area (Å²) in [6.45, 7) is 1.89. The van der Waals surface area contributed by atoms with Gasteiger partial charge in [0.05, 0.1) is 5.02 Å². The first-order valence-electron chi connectivity index (χ1n) is 4.64. The highest BCUT2D eigenvalue weighted by Gasteiger charge is 2.33. The standard InChI is InChI=1S/C10H10ClNO2S/c1-6-5-8(10(13)14-6)15-9-7(11)3-2-4-12-9/h2-4,6,8H,5H2,1H3. The number of pyridine rings is 1. The van der Waals surface area contributed by atoms with Crippen molar-refractivity contribution in [3.8, 4) is 0 Å². The molecule has 0 saturated carbocycles. The van der Waals surface area contributed by atoms with Crippen LogP contribution in [0, 0.1) is 0 Å². The van der Waals surface area contributed by atoms with Crippen molar-refractivity contribution in [1.82, 2.24) is 4.98 Å². The predicted molar refractivity (Wildman–Crippen MR) is 59.1 cm³/mol. The second-order valence-corrected chi connectivity index (χ2v) is 4.98. The summed E-state index contributed by atoms with van der Waals surface area (Å²) >= 11 is 7.32. The van der Waals surface area contributed by atoms with Gasteiger partial charge in [0.15, 0.2) is 0 Å². The quantitative estimate of drug-likeness (QED) is 0.749. The number of rotatable bonds is 2. The number of esters is 1. The molecule has 3 nitrogen and oxygen atoms in total. The first-order chi connectivity index (χ1) is 7.16. The third-order valence-electron chi connectivity index (χ3n) is 2.10. The van der Waals surface area contributed by atoms with Gasteiger partial charge < -0.3 is 4.74 Å². The molecule has 2 atom stereocenters. The van der Waals surface area contributed by atoms with E-state index in [1.54, 1.807) is 18.3 Å². The molecule has 5 heteroatoms. The topological polar surface area (TPSA) is 39.2 Å². The molecule has 15 heavy (non-hydrogen) atoms. The van der Waals surface area contributed by atoms with E-state index in [2.05, 4.69) is 4.98 Å². The summed E-state index contributed by atoms with van der Waals surface area (Å²) in [5.41, 5.74) is 0. The molecule has 1 aliphatic rings. The Morgan fingerprint density at radius 1 is 1.67 bits per heavy atom. The van der Waals surface area contributed by atoms with Crippen molar-refractivity contribution in [3.63, 3.8) is 0 Å². The summed E-state index contributed by atoms with van der Waals surface area (Å²) in [5.74, 6) is -0.172. The molecule has 0 amide bonds. The largest absolute Gasteiger partial charge is 0.462 e. The molecule has 0 aromatic carbocycles. The summed E-state index contributed by atoms with van der Waals surface area (Å²) < 4.78 is 5.06. The average molecular weight is 244 g/mol. The zero-order valence-electron chi connectivity index (χ0n) is 8.14. The van der Waals surface area contributed by atoms with Gasteiger partial charge in [-0.1, -0.05) is 23.4 Å². The van der Waals surface area contributed by atoms with Crippen LogP contribution in [0.25, 0.3) is 0 Å². The fraction of sp³-hybridized carbons (Fsp3) is 0.400. The number of hydrogen-bond donors (Lipinski definition) is 0. The van der Waals surface area contributed by atoms with Crippen LogP contribution in [-0.2, 0) is 9.53 Å². The third-order valence-corrected chi connectivity index (χ3v) is 3.74. The predicted octanol–water partition coefficient (Wildman–Crippen LogP) is 2.53. The Labute approximate surface area is 97.2 Å². The number of aromatic nitrogens is 1. The van der Waals surface area contributed by atoms with E-state index in [1.165, 1.54) is 11.8 Å². The van der Waals surface area contributed by atoms with Gasteiger partial charge in [0, 0.05) is 12.6 Å². The second-order valence-electron chi connectivity index (χ2n) is 3.38. The lowest BCUT2D eigenvalue weighted by atomic mass is 10.3.